The molecule has 18 heavy (non-hydrogen) atoms. The van der Waals surface area contributed by atoms with Crippen molar-refractivity contribution < 1.29 is 4.39 Å². The van der Waals surface area contributed by atoms with Crippen LogP contribution in [0.15, 0.2) is 18.2 Å². The SMILES string of the molecule is Fc1cccc2c1[C@H](N1CCCCCC1)CNC2. The summed E-state index contributed by atoms with van der Waals surface area (Å²) in [6, 6.07) is 5.71. The fourth-order valence-electron chi connectivity index (χ4n) is 3.27. The number of hydrogen-bond donors (Lipinski definition) is 1. The molecule has 98 valence electrons. The zero-order chi connectivity index (χ0) is 12.4. The molecule has 1 saturated heterocycles. The van der Waals surface area contributed by atoms with Crippen LogP contribution in [0.2, 0.25) is 0 Å². The van der Waals surface area contributed by atoms with E-state index in [1.54, 1.807) is 6.07 Å². The van der Waals surface area contributed by atoms with Crippen molar-refractivity contribution in [3.05, 3.63) is 35.1 Å². The van der Waals surface area contributed by atoms with Crippen LogP contribution in [-0.4, -0.2) is 24.5 Å². The van der Waals surface area contributed by atoms with Crippen molar-refractivity contribution in [2.45, 2.75) is 38.3 Å². The number of rotatable bonds is 1. The molecule has 1 aromatic carbocycles. The van der Waals surface area contributed by atoms with E-state index in [9.17, 15) is 4.39 Å². The minimum atomic E-state index is -0.0248. The number of halogens is 1. The summed E-state index contributed by atoms with van der Waals surface area (Å²) in [5, 5.41) is 3.43. The standard InChI is InChI=1S/C15H21FN2/c16-13-7-5-6-12-10-17-11-14(15(12)13)18-8-3-1-2-4-9-18/h5-7,14,17H,1-4,8-11H2/t14-/m1/s1. The van der Waals surface area contributed by atoms with Crippen LogP contribution in [0.3, 0.4) is 0 Å². The fraction of sp³-hybridized carbons (Fsp3) is 0.600. The molecule has 2 aliphatic rings. The van der Waals surface area contributed by atoms with Crippen LogP contribution in [-0.2, 0) is 6.54 Å². The van der Waals surface area contributed by atoms with Crippen LogP contribution >= 0.6 is 0 Å². The molecule has 1 atom stereocenters. The van der Waals surface area contributed by atoms with Crippen molar-refractivity contribution in [1.29, 1.82) is 0 Å². The van der Waals surface area contributed by atoms with E-state index in [2.05, 4.69) is 16.3 Å². The Bertz CT molecular complexity index is 411. The van der Waals surface area contributed by atoms with Gasteiger partial charge >= 0.3 is 0 Å². The highest BCUT2D eigenvalue weighted by Crippen LogP contribution is 2.31. The van der Waals surface area contributed by atoms with Gasteiger partial charge in [-0.3, -0.25) is 4.90 Å². The van der Waals surface area contributed by atoms with E-state index < -0.39 is 0 Å². The van der Waals surface area contributed by atoms with E-state index in [0.29, 0.717) is 0 Å². The molecule has 0 unspecified atom stereocenters. The third-order valence-corrected chi connectivity index (χ3v) is 4.21. The van der Waals surface area contributed by atoms with E-state index in [-0.39, 0.29) is 11.9 Å². The van der Waals surface area contributed by atoms with Crippen molar-refractivity contribution in [1.82, 2.24) is 10.2 Å². The molecule has 3 rings (SSSR count). The van der Waals surface area contributed by atoms with Gasteiger partial charge in [0.2, 0.25) is 0 Å². The van der Waals surface area contributed by atoms with E-state index in [1.807, 2.05) is 6.07 Å². The highest BCUT2D eigenvalue weighted by molar-refractivity contribution is 5.33. The Morgan fingerprint density at radius 3 is 2.67 bits per heavy atom. The molecular weight excluding hydrogens is 227 g/mol. The molecule has 1 aromatic rings. The quantitative estimate of drug-likeness (QED) is 0.822. The minimum absolute atomic E-state index is 0.0248. The molecule has 0 aromatic heterocycles. The lowest BCUT2D eigenvalue weighted by molar-refractivity contribution is 0.187. The smallest absolute Gasteiger partial charge is 0.128 e. The van der Waals surface area contributed by atoms with E-state index in [0.717, 1.165) is 37.3 Å². The third kappa shape index (κ3) is 2.29. The average molecular weight is 248 g/mol. The minimum Gasteiger partial charge on any atom is -0.311 e. The van der Waals surface area contributed by atoms with Gasteiger partial charge in [0.05, 0.1) is 6.04 Å². The molecule has 3 heteroatoms. The first-order valence-electron chi connectivity index (χ1n) is 7.08. The van der Waals surface area contributed by atoms with Gasteiger partial charge in [-0.05, 0) is 37.6 Å². The maximum absolute atomic E-state index is 14.1. The second-order valence-electron chi connectivity index (χ2n) is 5.41. The summed E-state index contributed by atoms with van der Waals surface area (Å²) in [7, 11) is 0. The maximum atomic E-state index is 14.1. The van der Waals surface area contributed by atoms with Crippen LogP contribution in [0, 0.1) is 5.82 Å². The summed E-state index contributed by atoms with van der Waals surface area (Å²) in [4.78, 5) is 2.47. The van der Waals surface area contributed by atoms with E-state index >= 15 is 0 Å². The van der Waals surface area contributed by atoms with Gasteiger partial charge in [-0.2, -0.15) is 0 Å². The summed E-state index contributed by atoms with van der Waals surface area (Å²) in [5.41, 5.74) is 2.08. The topological polar surface area (TPSA) is 15.3 Å². The van der Waals surface area contributed by atoms with Crippen LogP contribution in [0.1, 0.15) is 42.9 Å². The summed E-state index contributed by atoms with van der Waals surface area (Å²) < 4.78 is 14.1. The predicted octanol–water partition coefficient (Wildman–Crippen LogP) is 2.85. The number of benzene rings is 1. The van der Waals surface area contributed by atoms with Crippen molar-refractivity contribution in [3.63, 3.8) is 0 Å². The Morgan fingerprint density at radius 1 is 1.11 bits per heavy atom. The zero-order valence-corrected chi connectivity index (χ0v) is 10.8. The average Bonchev–Trinajstić information content (AvgIpc) is 2.67. The fourth-order valence-corrected chi connectivity index (χ4v) is 3.27. The highest BCUT2D eigenvalue weighted by atomic mass is 19.1. The van der Waals surface area contributed by atoms with Gasteiger partial charge in [0.1, 0.15) is 5.82 Å². The number of nitrogens with zero attached hydrogens (tertiary/aromatic N) is 1. The van der Waals surface area contributed by atoms with Gasteiger partial charge in [0.15, 0.2) is 0 Å². The number of hydrogen-bond acceptors (Lipinski definition) is 2. The second kappa shape index (κ2) is 5.37. The zero-order valence-electron chi connectivity index (χ0n) is 10.8. The number of nitrogens with one attached hydrogen (secondary N) is 1. The van der Waals surface area contributed by atoms with Gasteiger partial charge in [-0.15, -0.1) is 0 Å². The van der Waals surface area contributed by atoms with Gasteiger partial charge in [0, 0.05) is 18.7 Å². The van der Waals surface area contributed by atoms with Crippen LogP contribution in [0.5, 0.6) is 0 Å². The first-order chi connectivity index (χ1) is 8.86. The Labute approximate surface area is 108 Å². The predicted molar refractivity (Wildman–Crippen MR) is 70.9 cm³/mol. The number of fused-ring (bicyclic) bond motifs is 1. The van der Waals surface area contributed by atoms with Gasteiger partial charge in [-0.25, -0.2) is 4.39 Å². The molecule has 2 aliphatic heterocycles. The molecule has 0 aliphatic carbocycles. The molecule has 2 heterocycles. The van der Waals surface area contributed by atoms with Crippen LogP contribution < -0.4 is 5.32 Å². The Morgan fingerprint density at radius 2 is 1.89 bits per heavy atom. The Balaban J connectivity index is 1.90. The molecule has 0 spiro atoms. The molecule has 0 saturated carbocycles. The lowest BCUT2D eigenvalue weighted by Gasteiger charge is -2.35. The molecule has 1 fully saturated rings. The number of likely N-dealkylation sites (tertiary alicyclic amines) is 1. The van der Waals surface area contributed by atoms with Crippen LogP contribution in [0.25, 0.3) is 0 Å². The van der Waals surface area contributed by atoms with Crippen molar-refractivity contribution in [3.8, 4) is 0 Å². The molecule has 1 N–H and O–H groups in total. The summed E-state index contributed by atoms with van der Waals surface area (Å²) in [5.74, 6) is -0.0248. The maximum Gasteiger partial charge on any atom is 0.128 e. The van der Waals surface area contributed by atoms with Gasteiger partial charge < -0.3 is 5.32 Å². The largest absolute Gasteiger partial charge is 0.311 e. The molecule has 0 bridgehead atoms. The molecule has 0 radical (unpaired) electrons. The second-order valence-corrected chi connectivity index (χ2v) is 5.41. The molecule has 0 amide bonds. The third-order valence-electron chi connectivity index (χ3n) is 4.21. The first-order valence-corrected chi connectivity index (χ1v) is 7.08. The van der Waals surface area contributed by atoms with Gasteiger partial charge in [-0.1, -0.05) is 25.0 Å². The monoisotopic (exact) mass is 248 g/mol. The lowest BCUT2D eigenvalue weighted by atomic mass is 9.94. The molecular formula is C15H21FN2. The molecule has 2 nitrogen and oxygen atoms in total. The Hall–Kier alpha value is -0.930. The normalized spacial score (nSPS) is 25.5. The van der Waals surface area contributed by atoms with Crippen molar-refractivity contribution in [2.75, 3.05) is 19.6 Å². The van der Waals surface area contributed by atoms with Crippen molar-refractivity contribution >= 4 is 0 Å². The first kappa shape index (κ1) is 12.1. The lowest BCUT2D eigenvalue weighted by Crippen LogP contribution is -2.40. The Kier molecular flexibility index (Phi) is 3.62. The van der Waals surface area contributed by atoms with Gasteiger partial charge in [0.25, 0.3) is 0 Å². The van der Waals surface area contributed by atoms with Crippen molar-refractivity contribution in [2.24, 2.45) is 0 Å². The van der Waals surface area contributed by atoms with E-state index in [4.69, 9.17) is 0 Å². The highest BCUT2D eigenvalue weighted by Gasteiger charge is 2.28. The summed E-state index contributed by atoms with van der Waals surface area (Å²) >= 11 is 0. The summed E-state index contributed by atoms with van der Waals surface area (Å²) in [6.07, 6.45) is 5.14. The summed E-state index contributed by atoms with van der Waals surface area (Å²) in [6.45, 7) is 3.91. The van der Waals surface area contributed by atoms with E-state index in [1.165, 1.54) is 25.7 Å². The van der Waals surface area contributed by atoms with Crippen LogP contribution in [0.4, 0.5) is 4.39 Å².